The number of esters is 1. The molecule has 0 spiro atoms. The van der Waals surface area contributed by atoms with E-state index in [1.165, 1.54) is 11.3 Å². The van der Waals surface area contributed by atoms with Crippen LogP contribution in [0.3, 0.4) is 0 Å². The number of thiophene rings is 1. The van der Waals surface area contributed by atoms with Gasteiger partial charge in [-0.25, -0.2) is 4.79 Å². The van der Waals surface area contributed by atoms with Crippen LogP contribution in [0.25, 0.3) is 0 Å². The molecule has 1 heterocycles. The molecule has 0 amide bonds. The smallest absolute Gasteiger partial charge is 0.348 e. The van der Waals surface area contributed by atoms with E-state index >= 15 is 0 Å². The Kier molecular flexibility index (Phi) is 2.98. The molecule has 3 rings (SSSR count). The quantitative estimate of drug-likeness (QED) is 0.786. The Morgan fingerprint density at radius 2 is 2.17 bits per heavy atom. The zero-order valence-electron chi connectivity index (χ0n) is 10.5. The highest BCUT2D eigenvalue weighted by Crippen LogP contribution is 2.48. The van der Waals surface area contributed by atoms with Gasteiger partial charge in [0.05, 0.1) is 6.61 Å². The lowest BCUT2D eigenvalue weighted by Crippen LogP contribution is -2.13. The SMILES string of the molecule is CCOC(=O)c1sc(C2CC2)c2c1CCCC2=O. The Labute approximate surface area is 110 Å². The van der Waals surface area contributed by atoms with E-state index < -0.39 is 0 Å². The zero-order chi connectivity index (χ0) is 12.7. The van der Waals surface area contributed by atoms with Gasteiger partial charge in [-0.3, -0.25) is 4.79 Å². The maximum atomic E-state index is 12.1. The van der Waals surface area contributed by atoms with E-state index in [0.29, 0.717) is 23.8 Å². The summed E-state index contributed by atoms with van der Waals surface area (Å²) in [4.78, 5) is 25.9. The summed E-state index contributed by atoms with van der Waals surface area (Å²) in [6.45, 7) is 2.20. The summed E-state index contributed by atoms with van der Waals surface area (Å²) >= 11 is 1.50. The lowest BCUT2D eigenvalue weighted by atomic mass is 9.90. The van der Waals surface area contributed by atoms with E-state index in [0.717, 1.165) is 41.7 Å². The van der Waals surface area contributed by atoms with Crippen LogP contribution in [0.4, 0.5) is 0 Å². The van der Waals surface area contributed by atoms with Crippen LogP contribution in [-0.2, 0) is 11.2 Å². The number of Topliss-reactive ketones (excluding diaryl/α,β-unsaturated/α-hetero) is 1. The topological polar surface area (TPSA) is 43.4 Å². The summed E-state index contributed by atoms with van der Waals surface area (Å²) in [5.41, 5.74) is 1.84. The average Bonchev–Trinajstić information content (AvgIpc) is 3.11. The van der Waals surface area contributed by atoms with E-state index in [-0.39, 0.29) is 11.8 Å². The molecular formula is C14H16O3S. The van der Waals surface area contributed by atoms with Crippen LogP contribution in [0.1, 0.15) is 69.0 Å². The molecule has 0 bridgehead atoms. The van der Waals surface area contributed by atoms with E-state index in [9.17, 15) is 9.59 Å². The first-order valence-electron chi connectivity index (χ1n) is 6.58. The number of ether oxygens (including phenoxy) is 1. The monoisotopic (exact) mass is 264 g/mol. The van der Waals surface area contributed by atoms with Gasteiger partial charge < -0.3 is 4.74 Å². The van der Waals surface area contributed by atoms with E-state index in [1.807, 2.05) is 6.92 Å². The van der Waals surface area contributed by atoms with Crippen molar-refractivity contribution in [3.05, 3.63) is 20.9 Å². The van der Waals surface area contributed by atoms with Crippen molar-refractivity contribution in [2.75, 3.05) is 6.61 Å². The van der Waals surface area contributed by atoms with Crippen LogP contribution in [-0.4, -0.2) is 18.4 Å². The van der Waals surface area contributed by atoms with Gasteiger partial charge in [-0.2, -0.15) is 0 Å². The second kappa shape index (κ2) is 4.50. The van der Waals surface area contributed by atoms with Crippen molar-refractivity contribution in [2.45, 2.75) is 44.9 Å². The van der Waals surface area contributed by atoms with Gasteiger partial charge in [-0.1, -0.05) is 0 Å². The summed E-state index contributed by atoms with van der Waals surface area (Å²) in [6.07, 6.45) is 4.65. The zero-order valence-corrected chi connectivity index (χ0v) is 11.3. The lowest BCUT2D eigenvalue weighted by Gasteiger charge is -2.12. The Balaban J connectivity index is 2.07. The number of fused-ring (bicyclic) bond motifs is 1. The van der Waals surface area contributed by atoms with Crippen molar-refractivity contribution >= 4 is 23.1 Å². The van der Waals surface area contributed by atoms with Gasteiger partial charge >= 0.3 is 5.97 Å². The molecule has 0 N–H and O–H groups in total. The molecule has 0 aromatic carbocycles. The third kappa shape index (κ3) is 1.88. The van der Waals surface area contributed by atoms with Crippen LogP contribution in [0.15, 0.2) is 0 Å². The molecule has 2 aliphatic carbocycles. The Bertz CT molecular complexity index is 511. The van der Waals surface area contributed by atoms with Crippen LogP contribution >= 0.6 is 11.3 Å². The molecule has 3 nitrogen and oxygen atoms in total. The van der Waals surface area contributed by atoms with Gasteiger partial charge in [-0.15, -0.1) is 11.3 Å². The standard InChI is InChI=1S/C14H16O3S/c1-2-17-14(16)13-9-4-3-5-10(15)11(9)12(18-13)8-6-7-8/h8H,2-7H2,1H3. The second-order valence-electron chi connectivity index (χ2n) is 4.92. The maximum Gasteiger partial charge on any atom is 0.348 e. The molecule has 0 radical (unpaired) electrons. The number of rotatable bonds is 3. The van der Waals surface area contributed by atoms with Gasteiger partial charge in [-0.05, 0) is 44.1 Å². The van der Waals surface area contributed by atoms with Crippen LogP contribution in [0, 0.1) is 0 Å². The molecule has 1 aromatic heterocycles. The van der Waals surface area contributed by atoms with Gasteiger partial charge in [0.15, 0.2) is 5.78 Å². The Morgan fingerprint density at radius 1 is 1.39 bits per heavy atom. The largest absolute Gasteiger partial charge is 0.462 e. The minimum absolute atomic E-state index is 0.227. The maximum absolute atomic E-state index is 12.1. The van der Waals surface area contributed by atoms with E-state index in [4.69, 9.17) is 4.74 Å². The first kappa shape index (κ1) is 11.9. The molecule has 1 aromatic rings. The molecule has 0 saturated heterocycles. The van der Waals surface area contributed by atoms with Crippen molar-refractivity contribution in [3.8, 4) is 0 Å². The van der Waals surface area contributed by atoms with Gasteiger partial charge in [0.2, 0.25) is 0 Å². The molecule has 0 unspecified atom stereocenters. The predicted octanol–water partition coefficient (Wildman–Crippen LogP) is 3.32. The lowest BCUT2D eigenvalue weighted by molar-refractivity contribution is 0.0531. The van der Waals surface area contributed by atoms with Crippen LogP contribution < -0.4 is 0 Å². The third-order valence-electron chi connectivity index (χ3n) is 3.55. The number of ketones is 1. The average molecular weight is 264 g/mol. The first-order valence-corrected chi connectivity index (χ1v) is 7.40. The Morgan fingerprint density at radius 3 is 2.83 bits per heavy atom. The fourth-order valence-corrected chi connectivity index (χ4v) is 4.01. The fourth-order valence-electron chi connectivity index (χ4n) is 2.57. The number of hydrogen-bond donors (Lipinski definition) is 0. The number of carbonyl (C=O) groups excluding carboxylic acids is 2. The van der Waals surface area contributed by atoms with Crippen molar-refractivity contribution in [1.82, 2.24) is 0 Å². The van der Waals surface area contributed by atoms with Gasteiger partial charge in [0.25, 0.3) is 0 Å². The van der Waals surface area contributed by atoms with E-state index in [2.05, 4.69) is 0 Å². The summed E-state index contributed by atoms with van der Waals surface area (Å²) in [6, 6.07) is 0. The second-order valence-corrected chi connectivity index (χ2v) is 5.97. The van der Waals surface area contributed by atoms with Gasteiger partial charge in [0.1, 0.15) is 4.88 Å². The highest BCUT2D eigenvalue weighted by Gasteiger charge is 2.36. The van der Waals surface area contributed by atoms with Crippen molar-refractivity contribution < 1.29 is 14.3 Å². The van der Waals surface area contributed by atoms with Crippen molar-refractivity contribution in [2.24, 2.45) is 0 Å². The van der Waals surface area contributed by atoms with Crippen molar-refractivity contribution in [1.29, 1.82) is 0 Å². The predicted molar refractivity (Wildman–Crippen MR) is 69.5 cm³/mol. The Hall–Kier alpha value is -1.16. The fraction of sp³-hybridized carbons (Fsp3) is 0.571. The molecule has 2 aliphatic rings. The highest BCUT2D eigenvalue weighted by molar-refractivity contribution is 7.14. The molecule has 4 heteroatoms. The molecule has 1 saturated carbocycles. The number of hydrogen-bond acceptors (Lipinski definition) is 4. The molecule has 96 valence electrons. The molecule has 0 aliphatic heterocycles. The summed E-state index contributed by atoms with van der Waals surface area (Å²) in [5.74, 6) is 0.499. The number of carbonyl (C=O) groups is 2. The van der Waals surface area contributed by atoms with E-state index in [1.54, 1.807) is 0 Å². The molecule has 0 atom stereocenters. The molecule has 1 fully saturated rings. The third-order valence-corrected chi connectivity index (χ3v) is 4.93. The molecule has 18 heavy (non-hydrogen) atoms. The minimum atomic E-state index is -0.250. The van der Waals surface area contributed by atoms with Gasteiger partial charge in [0, 0.05) is 16.9 Å². The van der Waals surface area contributed by atoms with Crippen LogP contribution in [0.5, 0.6) is 0 Å². The summed E-state index contributed by atoms with van der Waals surface area (Å²) in [7, 11) is 0. The van der Waals surface area contributed by atoms with Crippen LogP contribution in [0.2, 0.25) is 0 Å². The summed E-state index contributed by atoms with van der Waals surface area (Å²) < 4.78 is 5.10. The summed E-state index contributed by atoms with van der Waals surface area (Å²) in [5, 5.41) is 0. The molecular weight excluding hydrogens is 248 g/mol. The minimum Gasteiger partial charge on any atom is -0.462 e. The van der Waals surface area contributed by atoms with Crippen molar-refractivity contribution in [3.63, 3.8) is 0 Å². The normalized spacial score (nSPS) is 18.6. The first-order chi connectivity index (χ1) is 8.72. The highest BCUT2D eigenvalue weighted by atomic mass is 32.1.